The first-order valence-electron chi connectivity index (χ1n) is 9.54. The third kappa shape index (κ3) is 3.88. The normalized spacial score (nSPS) is 17.3. The Labute approximate surface area is 169 Å². The van der Waals surface area contributed by atoms with Gasteiger partial charge in [-0.25, -0.2) is 0 Å². The Bertz CT molecular complexity index is 956. The van der Waals surface area contributed by atoms with Crippen LogP contribution in [0.2, 0.25) is 0 Å². The number of hydrogen-bond donors (Lipinski definition) is 1. The molecule has 1 aliphatic rings. The molecule has 2 aromatic heterocycles. The molecule has 0 radical (unpaired) electrons. The molecular weight excluding hydrogens is 370 g/mol. The van der Waals surface area contributed by atoms with E-state index in [1.165, 1.54) is 16.0 Å². The van der Waals surface area contributed by atoms with Gasteiger partial charge in [0.25, 0.3) is 0 Å². The molecule has 1 atom stereocenters. The molecule has 1 aromatic carbocycles. The van der Waals surface area contributed by atoms with E-state index < -0.39 is 0 Å². The highest BCUT2D eigenvalue weighted by Gasteiger charge is 2.31. The van der Waals surface area contributed by atoms with Crippen LogP contribution in [0.4, 0.5) is 5.88 Å². The number of rotatable bonds is 4. The van der Waals surface area contributed by atoms with Crippen LogP contribution >= 0.6 is 11.3 Å². The maximum absolute atomic E-state index is 12.7. The van der Waals surface area contributed by atoms with Crippen LogP contribution in [0.1, 0.15) is 48.5 Å². The van der Waals surface area contributed by atoms with Crippen molar-refractivity contribution < 1.29 is 9.32 Å². The van der Waals surface area contributed by atoms with Crippen molar-refractivity contribution >= 4 is 23.1 Å². The van der Waals surface area contributed by atoms with Crippen molar-refractivity contribution in [3.05, 3.63) is 69.5 Å². The van der Waals surface area contributed by atoms with E-state index in [1.54, 1.807) is 17.4 Å². The molecule has 6 heteroatoms. The van der Waals surface area contributed by atoms with Crippen LogP contribution in [0.5, 0.6) is 0 Å². The lowest BCUT2D eigenvalue weighted by Gasteiger charge is -2.35. The van der Waals surface area contributed by atoms with Crippen molar-refractivity contribution in [1.82, 2.24) is 10.1 Å². The minimum Gasteiger partial charge on any atom is -0.338 e. The average molecular weight is 396 g/mol. The summed E-state index contributed by atoms with van der Waals surface area (Å²) in [5.41, 5.74) is 3.23. The van der Waals surface area contributed by atoms with Crippen molar-refractivity contribution in [2.24, 2.45) is 0 Å². The second-order valence-corrected chi connectivity index (χ2v) is 9.21. The summed E-state index contributed by atoms with van der Waals surface area (Å²) in [6, 6.07) is 14.5. The summed E-state index contributed by atoms with van der Waals surface area (Å²) < 4.78 is 5.31. The maximum Gasteiger partial charge on any atom is 0.240 e. The number of carbonyl (C=O) groups is 1. The number of benzene rings is 1. The van der Waals surface area contributed by atoms with Crippen molar-refractivity contribution in [3.63, 3.8) is 0 Å². The summed E-state index contributed by atoms with van der Waals surface area (Å²) >= 11 is 1.80. The Hall–Kier alpha value is -2.44. The van der Waals surface area contributed by atoms with Crippen LogP contribution in [0.25, 0.3) is 0 Å². The van der Waals surface area contributed by atoms with Gasteiger partial charge in [-0.1, -0.05) is 56.3 Å². The Morgan fingerprint density at radius 3 is 2.79 bits per heavy atom. The van der Waals surface area contributed by atoms with Gasteiger partial charge in [0, 0.05) is 22.9 Å². The van der Waals surface area contributed by atoms with E-state index in [-0.39, 0.29) is 17.4 Å². The van der Waals surface area contributed by atoms with Crippen LogP contribution in [0.15, 0.2) is 52.4 Å². The lowest BCUT2D eigenvalue weighted by Crippen LogP contribution is -2.40. The van der Waals surface area contributed by atoms with Crippen molar-refractivity contribution in [2.75, 3.05) is 18.4 Å². The van der Waals surface area contributed by atoms with E-state index in [0.29, 0.717) is 12.4 Å². The highest BCUT2D eigenvalue weighted by atomic mass is 32.1. The zero-order valence-corrected chi connectivity index (χ0v) is 17.3. The van der Waals surface area contributed by atoms with Crippen LogP contribution < -0.4 is 5.32 Å². The predicted molar refractivity (Wildman–Crippen MR) is 112 cm³/mol. The lowest BCUT2D eigenvalue weighted by atomic mass is 9.92. The van der Waals surface area contributed by atoms with Crippen molar-refractivity contribution in [2.45, 2.75) is 38.6 Å². The summed E-state index contributed by atoms with van der Waals surface area (Å²) in [7, 11) is 0. The standard InChI is InChI=1S/C22H25N3O2S/c1-22(2,3)18-13-20(27-24-18)23-19(26)14-25-11-9-17-16(10-12-28-17)21(25)15-7-5-4-6-8-15/h4-8,10,12-13,21H,9,11,14H2,1-3H3,(H,23,26)/t21-/m0/s1. The smallest absolute Gasteiger partial charge is 0.240 e. The number of nitrogens with zero attached hydrogens (tertiary/aromatic N) is 2. The Kier molecular flexibility index (Phi) is 5.08. The van der Waals surface area contributed by atoms with Gasteiger partial charge in [0.2, 0.25) is 11.8 Å². The summed E-state index contributed by atoms with van der Waals surface area (Å²) in [5.74, 6) is 0.315. The second-order valence-electron chi connectivity index (χ2n) is 8.21. The molecule has 146 valence electrons. The van der Waals surface area contributed by atoms with E-state index in [2.05, 4.69) is 71.9 Å². The van der Waals surface area contributed by atoms with Gasteiger partial charge in [0.05, 0.1) is 18.3 Å². The first-order valence-corrected chi connectivity index (χ1v) is 10.4. The molecule has 1 aliphatic heterocycles. The fourth-order valence-electron chi connectivity index (χ4n) is 3.61. The number of anilines is 1. The van der Waals surface area contributed by atoms with Gasteiger partial charge >= 0.3 is 0 Å². The Morgan fingerprint density at radius 1 is 1.29 bits per heavy atom. The van der Waals surface area contributed by atoms with Gasteiger partial charge < -0.3 is 4.52 Å². The van der Waals surface area contributed by atoms with E-state index in [0.717, 1.165) is 18.7 Å². The number of fused-ring (bicyclic) bond motifs is 1. The second kappa shape index (κ2) is 7.53. The van der Waals surface area contributed by atoms with E-state index in [9.17, 15) is 4.79 Å². The summed E-state index contributed by atoms with van der Waals surface area (Å²) in [4.78, 5) is 16.4. The molecule has 28 heavy (non-hydrogen) atoms. The van der Waals surface area contributed by atoms with Gasteiger partial charge in [-0.05, 0) is 29.0 Å². The minimum atomic E-state index is -0.118. The number of amides is 1. The number of carbonyl (C=O) groups excluding carboxylic acids is 1. The van der Waals surface area contributed by atoms with Crippen molar-refractivity contribution in [3.8, 4) is 0 Å². The first kappa shape index (κ1) is 18.9. The zero-order valence-electron chi connectivity index (χ0n) is 16.4. The van der Waals surface area contributed by atoms with Crippen molar-refractivity contribution in [1.29, 1.82) is 0 Å². The van der Waals surface area contributed by atoms with Gasteiger partial charge in [-0.2, -0.15) is 0 Å². The molecule has 1 N–H and O–H groups in total. The van der Waals surface area contributed by atoms with Gasteiger partial charge in [-0.15, -0.1) is 11.3 Å². The monoisotopic (exact) mass is 395 g/mol. The molecule has 4 rings (SSSR count). The predicted octanol–water partition coefficient (Wildman–Crippen LogP) is 4.62. The lowest BCUT2D eigenvalue weighted by molar-refractivity contribution is -0.117. The van der Waals surface area contributed by atoms with E-state index in [4.69, 9.17) is 4.52 Å². The quantitative estimate of drug-likeness (QED) is 0.700. The van der Waals surface area contributed by atoms with Crippen LogP contribution in [0, 0.1) is 0 Å². The molecule has 0 saturated heterocycles. The molecular formula is C22H25N3O2S. The molecule has 0 unspecified atom stereocenters. The van der Waals surface area contributed by atoms with E-state index >= 15 is 0 Å². The average Bonchev–Trinajstić information content (AvgIpc) is 3.31. The first-order chi connectivity index (χ1) is 13.4. The molecule has 0 saturated carbocycles. The third-order valence-electron chi connectivity index (χ3n) is 5.07. The Morgan fingerprint density at radius 2 is 2.07 bits per heavy atom. The SMILES string of the molecule is CC(C)(C)c1cc(NC(=O)CN2CCc3sccc3[C@@H]2c2ccccc2)on1. The number of hydrogen-bond acceptors (Lipinski definition) is 5. The molecule has 5 nitrogen and oxygen atoms in total. The third-order valence-corrected chi connectivity index (χ3v) is 6.07. The number of nitrogens with one attached hydrogen (secondary N) is 1. The molecule has 3 aromatic rings. The number of aromatic nitrogens is 1. The highest BCUT2D eigenvalue weighted by Crippen LogP contribution is 2.37. The molecule has 0 bridgehead atoms. The van der Waals surface area contributed by atoms with Gasteiger partial charge in [0.15, 0.2) is 0 Å². The molecule has 0 aliphatic carbocycles. The highest BCUT2D eigenvalue weighted by molar-refractivity contribution is 7.10. The summed E-state index contributed by atoms with van der Waals surface area (Å²) in [6.07, 6.45) is 0.972. The largest absolute Gasteiger partial charge is 0.338 e. The molecule has 0 spiro atoms. The molecule has 1 amide bonds. The molecule has 3 heterocycles. The topological polar surface area (TPSA) is 58.4 Å². The van der Waals surface area contributed by atoms with E-state index in [1.807, 2.05) is 6.07 Å². The maximum atomic E-state index is 12.7. The van der Waals surface area contributed by atoms with Gasteiger partial charge in [0.1, 0.15) is 0 Å². The summed E-state index contributed by atoms with van der Waals surface area (Å²) in [5, 5.41) is 9.08. The minimum absolute atomic E-state index is 0.0868. The van der Waals surface area contributed by atoms with Crippen LogP contribution in [0.3, 0.4) is 0 Å². The van der Waals surface area contributed by atoms with Crippen LogP contribution in [-0.4, -0.2) is 29.1 Å². The Balaban J connectivity index is 1.51. The summed E-state index contributed by atoms with van der Waals surface area (Å²) in [6.45, 7) is 7.35. The van der Waals surface area contributed by atoms with Crippen LogP contribution in [-0.2, 0) is 16.6 Å². The fourth-order valence-corrected chi connectivity index (χ4v) is 4.52. The van der Waals surface area contributed by atoms with Gasteiger partial charge in [-0.3, -0.25) is 15.0 Å². The zero-order chi connectivity index (χ0) is 19.7. The molecule has 0 fully saturated rings. The number of thiophene rings is 1. The fraction of sp³-hybridized carbons (Fsp3) is 0.364.